The number of nitrogens with zero attached hydrogens (tertiary/aromatic N) is 6. The average molecular weight is 433 g/mol. The molecule has 32 heavy (non-hydrogen) atoms. The molecular weight excluding hydrogens is 404 g/mol. The van der Waals surface area contributed by atoms with Gasteiger partial charge in [-0.3, -0.25) is 4.98 Å². The molecule has 1 unspecified atom stereocenters. The minimum atomic E-state index is -0.0785. The van der Waals surface area contributed by atoms with Crippen molar-refractivity contribution in [2.24, 2.45) is 10.2 Å². The first-order valence-electron chi connectivity index (χ1n) is 10.9. The fourth-order valence-corrected chi connectivity index (χ4v) is 3.41. The Bertz CT molecular complexity index is 1040. The van der Waals surface area contributed by atoms with Gasteiger partial charge in [0.25, 0.3) is 0 Å². The van der Waals surface area contributed by atoms with E-state index in [1.807, 2.05) is 37.3 Å². The first-order valence-corrected chi connectivity index (χ1v) is 10.9. The Labute approximate surface area is 188 Å². The zero-order valence-corrected chi connectivity index (χ0v) is 18.5. The van der Waals surface area contributed by atoms with Crippen molar-refractivity contribution in [3.05, 3.63) is 71.5 Å². The van der Waals surface area contributed by atoms with E-state index >= 15 is 0 Å². The molecule has 8 nitrogen and oxygen atoms in total. The Morgan fingerprint density at radius 2 is 1.97 bits per heavy atom. The Balaban J connectivity index is 1.51. The van der Waals surface area contributed by atoms with E-state index in [4.69, 9.17) is 9.47 Å². The highest BCUT2D eigenvalue weighted by Gasteiger charge is 2.16. The second kappa shape index (κ2) is 10.8. The van der Waals surface area contributed by atoms with Gasteiger partial charge in [-0.15, -0.1) is 5.11 Å². The fraction of sp³-hybridized carbons (Fsp3) is 0.375. The lowest BCUT2D eigenvalue weighted by Crippen LogP contribution is -2.36. The van der Waals surface area contributed by atoms with Gasteiger partial charge in [0.2, 0.25) is 0 Å². The molecule has 1 aliphatic rings. The van der Waals surface area contributed by atoms with Crippen molar-refractivity contribution < 1.29 is 9.47 Å². The molecule has 1 fully saturated rings. The number of rotatable bonds is 8. The minimum absolute atomic E-state index is 0.0785. The summed E-state index contributed by atoms with van der Waals surface area (Å²) in [4.78, 5) is 15.5. The van der Waals surface area contributed by atoms with E-state index in [1.54, 1.807) is 6.20 Å². The van der Waals surface area contributed by atoms with Crippen molar-refractivity contribution in [1.29, 1.82) is 0 Å². The van der Waals surface area contributed by atoms with Gasteiger partial charge >= 0.3 is 6.01 Å². The zero-order valence-electron chi connectivity index (χ0n) is 18.5. The van der Waals surface area contributed by atoms with Crippen LogP contribution in [-0.2, 0) is 11.2 Å². The quantitative estimate of drug-likeness (QED) is 0.488. The summed E-state index contributed by atoms with van der Waals surface area (Å²) in [6.45, 7) is 7.39. The summed E-state index contributed by atoms with van der Waals surface area (Å²) in [6.07, 6.45) is 2.45. The highest BCUT2D eigenvalue weighted by molar-refractivity contribution is 5.47. The topological polar surface area (TPSA) is 85.1 Å². The Kier molecular flexibility index (Phi) is 7.34. The molecule has 1 aromatic carbocycles. The molecule has 0 radical (unpaired) electrons. The van der Waals surface area contributed by atoms with Crippen LogP contribution in [-0.4, -0.2) is 47.9 Å². The van der Waals surface area contributed by atoms with Crippen LogP contribution in [0.15, 0.2) is 65.0 Å². The number of morpholine rings is 1. The second-order valence-corrected chi connectivity index (χ2v) is 7.69. The lowest BCUT2D eigenvalue weighted by atomic mass is 10.1. The second-order valence-electron chi connectivity index (χ2n) is 7.69. The van der Waals surface area contributed by atoms with E-state index < -0.39 is 0 Å². The highest BCUT2D eigenvalue weighted by atomic mass is 16.5. The summed E-state index contributed by atoms with van der Waals surface area (Å²) < 4.78 is 11.3. The average Bonchev–Trinajstić information content (AvgIpc) is 2.84. The number of ether oxygens (including phenoxy) is 2. The molecule has 1 atom stereocenters. The van der Waals surface area contributed by atoms with Crippen LogP contribution in [0.1, 0.15) is 29.8 Å². The molecule has 166 valence electrons. The van der Waals surface area contributed by atoms with Gasteiger partial charge in [0.15, 0.2) is 5.82 Å². The standard InChI is InChI=1S/C24H28N6O2/c1-18-6-5-7-20(16-18)19(2)28-29-22-17-23(30-11-14-31-15-12-30)27-24(26-22)32-13-9-21-8-3-4-10-25-21/h3-8,10,16-17,19H,9,11-15H2,1-2H3. The van der Waals surface area contributed by atoms with E-state index in [2.05, 4.69) is 55.2 Å². The van der Waals surface area contributed by atoms with Gasteiger partial charge in [-0.2, -0.15) is 15.1 Å². The maximum absolute atomic E-state index is 5.87. The van der Waals surface area contributed by atoms with Crippen LogP contribution in [0.4, 0.5) is 11.6 Å². The number of aromatic nitrogens is 3. The van der Waals surface area contributed by atoms with Crippen molar-refractivity contribution in [2.75, 3.05) is 37.8 Å². The largest absolute Gasteiger partial charge is 0.463 e. The van der Waals surface area contributed by atoms with Crippen LogP contribution in [0, 0.1) is 6.92 Å². The van der Waals surface area contributed by atoms with Crippen molar-refractivity contribution in [2.45, 2.75) is 26.3 Å². The Morgan fingerprint density at radius 1 is 1.09 bits per heavy atom. The van der Waals surface area contributed by atoms with Crippen molar-refractivity contribution >= 4 is 11.6 Å². The smallest absolute Gasteiger partial charge is 0.320 e. The molecule has 0 saturated carbocycles. The zero-order chi connectivity index (χ0) is 22.2. The molecule has 3 heterocycles. The summed E-state index contributed by atoms with van der Waals surface area (Å²) in [5.41, 5.74) is 3.27. The summed E-state index contributed by atoms with van der Waals surface area (Å²) in [5, 5.41) is 8.91. The third kappa shape index (κ3) is 6.07. The SMILES string of the molecule is Cc1cccc(C(C)N=Nc2cc(N3CCOCC3)nc(OCCc3ccccn3)n2)c1. The Hall–Kier alpha value is -3.39. The predicted molar refractivity (Wildman–Crippen MR) is 123 cm³/mol. The fourth-order valence-electron chi connectivity index (χ4n) is 3.41. The number of aryl methyl sites for hydroxylation is 1. The van der Waals surface area contributed by atoms with E-state index in [9.17, 15) is 0 Å². The number of hydrogen-bond acceptors (Lipinski definition) is 8. The summed E-state index contributed by atoms with van der Waals surface area (Å²) in [7, 11) is 0. The molecule has 0 bridgehead atoms. The molecule has 0 N–H and O–H groups in total. The molecule has 1 saturated heterocycles. The molecule has 0 aliphatic carbocycles. The molecule has 0 amide bonds. The molecule has 0 spiro atoms. The van der Waals surface area contributed by atoms with Crippen LogP contribution in [0.25, 0.3) is 0 Å². The van der Waals surface area contributed by atoms with Gasteiger partial charge in [-0.1, -0.05) is 35.9 Å². The predicted octanol–water partition coefficient (Wildman–Crippen LogP) is 4.48. The molecular formula is C24H28N6O2. The van der Waals surface area contributed by atoms with Crippen molar-refractivity contribution in [1.82, 2.24) is 15.0 Å². The summed E-state index contributed by atoms with van der Waals surface area (Å²) in [6, 6.07) is 16.2. The first-order chi connectivity index (χ1) is 15.7. The van der Waals surface area contributed by atoms with Crippen LogP contribution in [0.5, 0.6) is 6.01 Å². The maximum Gasteiger partial charge on any atom is 0.320 e. The number of pyridine rings is 1. The molecule has 3 aromatic rings. The van der Waals surface area contributed by atoms with Crippen LogP contribution in [0.3, 0.4) is 0 Å². The van der Waals surface area contributed by atoms with Crippen LogP contribution >= 0.6 is 0 Å². The number of hydrogen-bond donors (Lipinski definition) is 0. The molecule has 1 aliphatic heterocycles. The lowest BCUT2D eigenvalue weighted by molar-refractivity contribution is 0.122. The number of anilines is 1. The summed E-state index contributed by atoms with van der Waals surface area (Å²) in [5.74, 6) is 1.25. The van der Waals surface area contributed by atoms with Gasteiger partial charge in [0.05, 0.1) is 25.9 Å². The van der Waals surface area contributed by atoms with Gasteiger partial charge in [0.1, 0.15) is 5.82 Å². The molecule has 2 aromatic heterocycles. The van der Waals surface area contributed by atoms with Crippen LogP contribution < -0.4 is 9.64 Å². The van der Waals surface area contributed by atoms with Crippen LogP contribution in [0.2, 0.25) is 0 Å². The third-order valence-electron chi connectivity index (χ3n) is 5.19. The first kappa shape index (κ1) is 21.8. The van der Waals surface area contributed by atoms with Gasteiger partial charge in [-0.25, -0.2) is 0 Å². The Morgan fingerprint density at radius 3 is 2.75 bits per heavy atom. The summed E-state index contributed by atoms with van der Waals surface area (Å²) >= 11 is 0. The van der Waals surface area contributed by atoms with E-state index in [0.717, 1.165) is 30.2 Å². The third-order valence-corrected chi connectivity index (χ3v) is 5.19. The van der Waals surface area contributed by atoms with Crippen molar-refractivity contribution in [3.63, 3.8) is 0 Å². The van der Waals surface area contributed by atoms with E-state index in [0.29, 0.717) is 38.1 Å². The van der Waals surface area contributed by atoms with Gasteiger partial charge in [-0.05, 0) is 31.5 Å². The van der Waals surface area contributed by atoms with E-state index in [-0.39, 0.29) is 6.04 Å². The molecule has 4 rings (SSSR count). The maximum atomic E-state index is 5.87. The minimum Gasteiger partial charge on any atom is -0.463 e. The van der Waals surface area contributed by atoms with Crippen molar-refractivity contribution in [3.8, 4) is 6.01 Å². The molecule has 8 heteroatoms. The van der Waals surface area contributed by atoms with Gasteiger partial charge in [0, 0.05) is 37.5 Å². The lowest BCUT2D eigenvalue weighted by Gasteiger charge is -2.27. The number of azo groups is 1. The normalized spacial score (nSPS) is 15.1. The monoisotopic (exact) mass is 432 g/mol. The van der Waals surface area contributed by atoms with E-state index in [1.165, 1.54) is 5.56 Å². The highest BCUT2D eigenvalue weighted by Crippen LogP contribution is 2.25. The van der Waals surface area contributed by atoms with Gasteiger partial charge < -0.3 is 14.4 Å². The number of benzene rings is 1.